The van der Waals surface area contributed by atoms with E-state index in [9.17, 15) is 0 Å². The Morgan fingerprint density at radius 2 is 1.64 bits per heavy atom. The van der Waals surface area contributed by atoms with Gasteiger partial charge in [0.1, 0.15) is 0 Å². The van der Waals surface area contributed by atoms with Crippen molar-refractivity contribution in [2.75, 3.05) is 20.1 Å². The summed E-state index contributed by atoms with van der Waals surface area (Å²) in [5, 5.41) is 15.7. The van der Waals surface area contributed by atoms with Gasteiger partial charge in [0.25, 0.3) is 0 Å². The van der Waals surface area contributed by atoms with Crippen molar-refractivity contribution in [2.24, 2.45) is 4.99 Å². The molecule has 4 aromatic rings. The van der Waals surface area contributed by atoms with Crippen LogP contribution in [0.25, 0.3) is 11.4 Å². The minimum absolute atomic E-state index is 0.823. The van der Waals surface area contributed by atoms with E-state index in [4.69, 9.17) is 0 Å². The largest absolute Gasteiger partial charge is 0.356 e. The predicted octanol–water partition coefficient (Wildman–Crippen LogP) is 3.71. The molecule has 0 unspecified atom stereocenters. The number of aromatic nitrogens is 4. The lowest BCUT2D eigenvalue weighted by Crippen LogP contribution is -2.38. The highest BCUT2D eigenvalue weighted by Crippen LogP contribution is 2.13. The maximum absolute atomic E-state index is 4.66. The van der Waals surface area contributed by atoms with Crippen LogP contribution in [0.2, 0.25) is 0 Å². The Balaban J connectivity index is 1.18. The average Bonchev–Trinajstić information content (AvgIpc) is 3.52. The first-order valence-electron chi connectivity index (χ1n) is 11.4. The third kappa shape index (κ3) is 6.10. The summed E-state index contributed by atoms with van der Waals surface area (Å²) in [7, 11) is 1.81. The maximum atomic E-state index is 4.66. The fourth-order valence-corrected chi connectivity index (χ4v) is 3.72. The van der Waals surface area contributed by atoms with Crippen LogP contribution in [0.4, 0.5) is 0 Å². The quantitative estimate of drug-likeness (QED) is 0.236. The Labute approximate surface area is 195 Å². The molecule has 2 N–H and O–H groups in total. The molecule has 33 heavy (non-hydrogen) atoms. The number of para-hydroxylation sites is 1. The van der Waals surface area contributed by atoms with E-state index in [1.165, 1.54) is 11.1 Å². The molecule has 0 bridgehead atoms. The van der Waals surface area contributed by atoms with Gasteiger partial charge in [-0.1, -0.05) is 30.3 Å². The van der Waals surface area contributed by atoms with Gasteiger partial charge < -0.3 is 10.6 Å². The molecule has 2 aromatic carbocycles. The number of aryl methyl sites for hydroxylation is 2. The molecule has 0 fully saturated rings. The number of nitrogens with zero attached hydrogens (tertiary/aromatic N) is 5. The van der Waals surface area contributed by atoms with Crippen molar-refractivity contribution in [3.05, 3.63) is 96.1 Å². The molecular weight excluding hydrogens is 410 g/mol. The highest BCUT2D eigenvalue weighted by Gasteiger charge is 2.06. The molecule has 7 heteroatoms. The number of hydrogen-bond donors (Lipinski definition) is 2. The van der Waals surface area contributed by atoms with Crippen molar-refractivity contribution < 1.29 is 0 Å². The second-order valence-electron chi connectivity index (χ2n) is 7.92. The summed E-state index contributed by atoms with van der Waals surface area (Å²) in [6.45, 7) is 3.75. The van der Waals surface area contributed by atoms with Crippen LogP contribution in [0.15, 0.2) is 84.2 Å². The van der Waals surface area contributed by atoms with Gasteiger partial charge in [-0.15, -0.1) is 0 Å². The van der Waals surface area contributed by atoms with Gasteiger partial charge in [-0.2, -0.15) is 10.2 Å². The van der Waals surface area contributed by atoms with E-state index in [1.54, 1.807) is 6.20 Å². The Bertz CT molecular complexity index is 1140. The Morgan fingerprint density at radius 3 is 2.36 bits per heavy atom. The van der Waals surface area contributed by atoms with E-state index >= 15 is 0 Å². The van der Waals surface area contributed by atoms with Crippen molar-refractivity contribution >= 4 is 5.96 Å². The van der Waals surface area contributed by atoms with E-state index in [2.05, 4.69) is 75.3 Å². The Hall–Kier alpha value is -3.87. The molecule has 170 valence electrons. The van der Waals surface area contributed by atoms with Gasteiger partial charge in [0, 0.05) is 38.7 Å². The maximum Gasteiger partial charge on any atom is 0.190 e. The van der Waals surface area contributed by atoms with Crippen LogP contribution in [0, 0.1) is 6.92 Å². The summed E-state index contributed by atoms with van der Waals surface area (Å²) >= 11 is 0. The van der Waals surface area contributed by atoms with Gasteiger partial charge in [-0.3, -0.25) is 4.99 Å². The second kappa shape index (κ2) is 11.1. The summed E-state index contributed by atoms with van der Waals surface area (Å²) in [6, 6.07) is 20.6. The van der Waals surface area contributed by atoms with Crippen molar-refractivity contribution in [3.8, 4) is 11.4 Å². The van der Waals surface area contributed by atoms with E-state index in [-0.39, 0.29) is 0 Å². The minimum atomic E-state index is 0.823. The summed E-state index contributed by atoms with van der Waals surface area (Å²) in [4.78, 5) is 4.34. The third-order valence-corrected chi connectivity index (χ3v) is 5.57. The van der Waals surface area contributed by atoms with E-state index in [0.29, 0.717) is 0 Å². The van der Waals surface area contributed by atoms with E-state index in [0.717, 1.165) is 55.4 Å². The lowest BCUT2D eigenvalue weighted by Gasteiger charge is -2.12. The molecule has 0 saturated heterocycles. The molecule has 0 aliphatic carbocycles. The van der Waals surface area contributed by atoms with Gasteiger partial charge in [-0.05, 0) is 67.6 Å². The van der Waals surface area contributed by atoms with Gasteiger partial charge in [-0.25, -0.2) is 9.36 Å². The van der Waals surface area contributed by atoms with Crippen LogP contribution in [-0.4, -0.2) is 45.7 Å². The minimum Gasteiger partial charge on any atom is -0.356 e. The van der Waals surface area contributed by atoms with E-state index in [1.807, 2.05) is 46.9 Å². The Morgan fingerprint density at radius 1 is 0.879 bits per heavy atom. The van der Waals surface area contributed by atoms with Crippen LogP contribution in [0.1, 0.15) is 23.2 Å². The number of benzene rings is 2. The molecule has 0 atom stereocenters. The molecule has 0 spiro atoms. The molecular formula is C26H31N7. The highest BCUT2D eigenvalue weighted by atomic mass is 15.3. The lowest BCUT2D eigenvalue weighted by atomic mass is 10.1. The van der Waals surface area contributed by atoms with Crippen LogP contribution in [-0.2, 0) is 12.8 Å². The molecule has 7 nitrogen and oxygen atoms in total. The predicted molar refractivity (Wildman–Crippen MR) is 133 cm³/mol. The van der Waals surface area contributed by atoms with Gasteiger partial charge in [0.15, 0.2) is 5.96 Å². The van der Waals surface area contributed by atoms with Crippen LogP contribution in [0.5, 0.6) is 0 Å². The second-order valence-corrected chi connectivity index (χ2v) is 7.92. The third-order valence-electron chi connectivity index (χ3n) is 5.57. The first-order valence-corrected chi connectivity index (χ1v) is 11.4. The zero-order valence-electron chi connectivity index (χ0n) is 19.3. The molecule has 0 radical (unpaired) electrons. The van der Waals surface area contributed by atoms with Gasteiger partial charge in [0.2, 0.25) is 0 Å². The monoisotopic (exact) mass is 441 g/mol. The molecule has 2 aromatic heterocycles. The van der Waals surface area contributed by atoms with Crippen molar-refractivity contribution in [1.29, 1.82) is 0 Å². The number of aliphatic imine (C=N–C) groups is 1. The number of rotatable bonds is 9. The summed E-state index contributed by atoms with van der Waals surface area (Å²) in [6.07, 6.45) is 8.79. The fourth-order valence-electron chi connectivity index (χ4n) is 3.72. The zero-order chi connectivity index (χ0) is 22.9. The summed E-state index contributed by atoms with van der Waals surface area (Å²) in [5.74, 6) is 0.833. The molecule has 0 aliphatic heterocycles. The summed E-state index contributed by atoms with van der Waals surface area (Å²) in [5.41, 5.74) is 5.80. The first-order chi connectivity index (χ1) is 16.2. The van der Waals surface area contributed by atoms with E-state index < -0.39 is 0 Å². The average molecular weight is 442 g/mol. The van der Waals surface area contributed by atoms with Gasteiger partial charge >= 0.3 is 0 Å². The molecule has 0 saturated carbocycles. The topological polar surface area (TPSA) is 72.1 Å². The highest BCUT2D eigenvalue weighted by molar-refractivity contribution is 5.79. The molecule has 4 rings (SSSR count). The van der Waals surface area contributed by atoms with Crippen LogP contribution >= 0.6 is 0 Å². The first kappa shape index (κ1) is 22.3. The van der Waals surface area contributed by atoms with Crippen molar-refractivity contribution in [3.63, 3.8) is 0 Å². The Kier molecular flexibility index (Phi) is 7.53. The SMILES string of the molecule is CN=C(NCCCc1cn(-c2ccccc2)nc1C)NCCc1ccc(-n2cccn2)cc1. The fraction of sp³-hybridized carbons (Fsp3) is 0.269. The number of hydrogen-bond acceptors (Lipinski definition) is 3. The molecule has 2 heterocycles. The van der Waals surface area contributed by atoms with Crippen molar-refractivity contribution in [1.82, 2.24) is 30.2 Å². The van der Waals surface area contributed by atoms with Crippen LogP contribution < -0.4 is 10.6 Å². The molecule has 0 aliphatic rings. The smallest absolute Gasteiger partial charge is 0.190 e. The van der Waals surface area contributed by atoms with Crippen LogP contribution in [0.3, 0.4) is 0 Å². The number of nitrogens with one attached hydrogen (secondary N) is 2. The standard InChI is InChI=1S/C26H31N7/c1-21-23(20-33(31-21)24-9-4-3-5-10-24)8-6-16-28-26(27-2)29-18-15-22-11-13-25(14-12-22)32-19-7-17-30-32/h3-5,7,9-14,17,19-20H,6,8,15-16,18H2,1-2H3,(H2,27,28,29). The lowest BCUT2D eigenvalue weighted by molar-refractivity contribution is 0.737. The zero-order valence-corrected chi connectivity index (χ0v) is 19.3. The normalized spacial score (nSPS) is 11.5. The van der Waals surface area contributed by atoms with Crippen molar-refractivity contribution in [2.45, 2.75) is 26.2 Å². The van der Waals surface area contributed by atoms with Gasteiger partial charge in [0.05, 0.1) is 17.1 Å². The molecule has 0 amide bonds. The summed E-state index contributed by atoms with van der Waals surface area (Å²) < 4.78 is 3.82. The number of guanidine groups is 1.